The van der Waals surface area contributed by atoms with E-state index in [-0.39, 0.29) is 23.6 Å². The lowest BCUT2D eigenvalue weighted by Crippen LogP contribution is -2.13. The fourth-order valence-electron chi connectivity index (χ4n) is 2.40. The lowest BCUT2D eigenvalue weighted by atomic mass is 10.0. The van der Waals surface area contributed by atoms with Crippen molar-refractivity contribution in [3.8, 4) is 0 Å². The highest BCUT2D eigenvalue weighted by Gasteiger charge is 2.39. The lowest BCUT2D eigenvalue weighted by Gasteiger charge is -2.14. The normalized spacial score (nSPS) is 27.5. The molecule has 1 saturated carbocycles. The van der Waals surface area contributed by atoms with Gasteiger partial charge in [0.25, 0.3) is 0 Å². The van der Waals surface area contributed by atoms with E-state index in [0.717, 1.165) is 12.8 Å². The number of alkyl halides is 1. The average molecular weight is 237 g/mol. The SMILES string of the molecule is CC(C)C1CC(F)c2nc(C(=O)C3CC3)nn21. The van der Waals surface area contributed by atoms with E-state index in [1.165, 1.54) is 0 Å². The van der Waals surface area contributed by atoms with E-state index in [2.05, 4.69) is 10.1 Å². The van der Waals surface area contributed by atoms with Gasteiger partial charge >= 0.3 is 0 Å². The molecule has 17 heavy (non-hydrogen) atoms. The Hall–Kier alpha value is -1.26. The van der Waals surface area contributed by atoms with E-state index in [1.807, 2.05) is 13.8 Å². The predicted octanol–water partition coefficient (Wildman–Crippen LogP) is 2.48. The van der Waals surface area contributed by atoms with E-state index in [4.69, 9.17) is 0 Å². The molecule has 0 amide bonds. The molecule has 2 unspecified atom stereocenters. The number of carbonyl (C=O) groups is 1. The van der Waals surface area contributed by atoms with Crippen LogP contribution in [0.25, 0.3) is 0 Å². The van der Waals surface area contributed by atoms with Gasteiger partial charge in [-0.05, 0) is 18.8 Å². The first-order valence-corrected chi connectivity index (χ1v) is 6.22. The standard InChI is InChI=1S/C12H16FN3O/c1-6(2)9-5-8(13)12-14-11(15-16(9)12)10(17)7-3-4-7/h6-9H,3-5H2,1-2H3. The number of aromatic nitrogens is 3. The Morgan fingerprint density at radius 2 is 2.18 bits per heavy atom. The largest absolute Gasteiger partial charge is 0.290 e. The van der Waals surface area contributed by atoms with Crippen LogP contribution in [0.2, 0.25) is 0 Å². The molecule has 2 aliphatic rings. The van der Waals surface area contributed by atoms with Gasteiger partial charge in [0.05, 0.1) is 6.04 Å². The van der Waals surface area contributed by atoms with Crippen molar-refractivity contribution in [3.05, 3.63) is 11.6 Å². The maximum absolute atomic E-state index is 13.8. The van der Waals surface area contributed by atoms with Gasteiger partial charge in [-0.1, -0.05) is 13.8 Å². The summed E-state index contributed by atoms with van der Waals surface area (Å²) in [6, 6.07) is 0.0354. The second kappa shape index (κ2) is 3.62. The Balaban J connectivity index is 1.94. The molecule has 1 fully saturated rings. The highest BCUT2D eigenvalue weighted by atomic mass is 19.1. The molecule has 0 N–H and O–H groups in total. The van der Waals surface area contributed by atoms with Crippen molar-refractivity contribution in [2.24, 2.45) is 11.8 Å². The van der Waals surface area contributed by atoms with Crippen LogP contribution in [0.3, 0.4) is 0 Å². The summed E-state index contributed by atoms with van der Waals surface area (Å²) >= 11 is 0. The number of Topliss-reactive ketones (excluding diaryl/α,β-unsaturated/α-hetero) is 1. The molecular formula is C12H16FN3O. The third-order valence-corrected chi connectivity index (χ3v) is 3.64. The molecule has 1 aromatic rings. The van der Waals surface area contributed by atoms with Crippen molar-refractivity contribution in [2.45, 2.75) is 45.3 Å². The molecule has 1 aromatic heterocycles. The van der Waals surface area contributed by atoms with Crippen LogP contribution in [0.5, 0.6) is 0 Å². The molecule has 0 bridgehead atoms. The van der Waals surface area contributed by atoms with Crippen molar-refractivity contribution >= 4 is 5.78 Å². The second-order valence-electron chi connectivity index (χ2n) is 5.39. The first kappa shape index (κ1) is 10.9. The van der Waals surface area contributed by atoms with Crippen LogP contribution in [0, 0.1) is 11.8 Å². The molecule has 0 aromatic carbocycles. The maximum atomic E-state index is 13.8. The van der Waals surface area contributed by atoms with Crippen LogP contribution in [-0.2, 0) is 0 Å². The molecule has 0 radical (unpaired) electrons. The molecule has 4 nitrogen and oxygen atoms in total. The van der Waals surface area contributed by atoms with E-state index in [9.17, 15) is 9.18 Å². The Bertz CT molecular complexity index is 464. The van der Waals surface area contributed by atoms with Crippen LogP contribution in [0.15, 0.2) is 0 Å². The number of hydrogen-bond acceptors (Lipinski definition) is 3. The van der Waals surface area contributed by atoms with Crippen molar-refractivity contribution in [3.63, 3.8) is 0 Å². The van der Waals surface area contributed by atoms with Crippen LogP contribution in [0.1, 0.15) is 61.8 Å². The summed E-state index contributed by atoms with van der Waals surface area (Å²) in [4.78, 5) is 15.9. The molecule has 0 spiro atoms. The number of rotatable bonds is 3. The van der Waals surface area contributed by atoms with E-state index in [1.54, 1.807) is 4.68 Å². The number of fused-ring (bicyclic) bond motifs is 1. The number of hydrogen-bond donors (Lipinski definition) is 0. The summed E-state index contributed by atoms with van der Waals surface area (Å²) in [5, 5.41) is 4.22. The molecule has 5 heteroatoms. The van der Waals surface area contributed by atoms with E-state index >= 15 is 0 Å². The van der Waals surface area contributed by atoms with Crippen LogP contribution >= 0.6 is 0 Å². The van der Waals surface area contributed by atoms with Gasteiger partial charge < -0.3 is 0 Å². The summed E-state index contributed by atoms with van der Waals surface area (Å²) in [6.07, 6.45) is 1.21. The number of nitrogens with zero attached hydrogens (tertiary/aromatic N) is 3. The van der Waals surface area contributed by atoms with Gasteiger partial charge in [0.1, 0.15) is 0 Å². The van der Waals surface area contributed by atoms with Crippen molar-refractivity contribution in [1.29, 1.82) is 0 Å². The zero-order valence-corrected chi connectivity index (χ0v) is 10.1. The summed E-state index contributed by atoms with van der Waals surface area (Å²) in [5.41, 5.74) is 0. The maximum Gasteiger partial charge on any atom is 0.217 e. The molecule has 0 saturated heterocycles. The van der Waals surface area contributed by atoms with Crippen LogP contribution in [-0.4, -0.2) is 20.5 Å². The van der Waals surface area contributed by atoms with Gasteiger partial charge in [-0.3, -0.25) is 4.79 Å². The van der Waals surface area contributed by atoms with Crippen molar-refractivity contribution in [2.75, 3.05) is 0 Å². The van der Waals surface area contributed by atoms with Gasteiger partial charge in [0.15, 0.2) is 12.0 Å². The first-order valence-electron chi connectivity index (χ1n) is 6.22. The van der Waals surface area contributed by atoms with Gasteiger partial charge in [0.2, 0.25) is 11.6 Å². The number of carbonyl (C=O) groups excluding carboxylic acids is 1. The fourth-order valence-corrected chi connectivity index (χ4v) is 2.40. The van der Waals surface area contributed by atoms with Crippen molar-refractivity contribution in [1.82, 2.24) is 14.8 Å². The summed E-state index contributed by atoms with van der Waals surface area (Å²) in [7, 11) is 0. The molecule has 1 aliphatic heterocycles. The Kier molecular flexibility index (Phi) is 2.31. The predicted molar refractivity (Wildman–Crippen MR) is 59.4 cm³/mol. The summed E-state index contributed by atoms with van der Waals surface area (Å²) in [6.45, 7) is 4.08. The minimum atomic E-state index is -1.07. The lowest BCUT2D eigenvalue weighted by molar-refractivity contribution is 0.0956. The second-order valence-corrected chi connectivity index (χ2v) is 5.39. The minimum Gasteiger partial charge on any atom is -0.290 e. The number of halogens is 1. The first-order chi connectivity index (χ1) is 8.08. The van der Waals surface area contributed by atoms with E-state index in [0.29, 0.717) is 18.2 Å². The van der Waals surface area contributed by atoms with Crippen LogP contribution < -0.4 is 0 Å². The Morgan fingerprint density at radius 3 is 2.76 bits per heavy atom. The smallest absolute Gasteiger partial charge is 0.217 e. The summed E-state index contributed by atoms with van der Waals surface area (Å²) < 4.78 is 15.4. The molecule has 2 atom stereocenters. The highest BCUT2D eigenvalue weighted by Crippen LogP contribution is 2.40. The molecule has 92 valence electrons. The third-order valence-electron chi connectivity index (χ3n) is 3.64. The fraction of sp³-hybridized carbons (Fsp3) is 0.750. The Morgan fingerprint density at radius 1 is 1.47 bits per heavy atom. The average Bonchev–Trinajstić information content (AvgIpc) is 2.95. The monoisotopic (exact) mass is 237 g/mol. The topological polar surface area (TPSA) is 47.8 Å². The van der Waals surface area contributed by atoms with Gasteiger partial charge in [0, 0.05) is 12.3 Å². The molecule has 1 aliphatic carbocycles. The zero-order chi connectivity index (χ0) is 12.2. The minimum absolute atomic E-state index is 0.0124. The third kappa shape index (κ3) is 1.68. The quantitative estimate of drug-likeness (QED) is 0.759. The van der Waals surface area contributed by atoms with Crippen molar-refractivity contribution < 1.29 is 9.18 Å². The zero-order valence-electron chi connectivity index (χ0n) is 10.1. The van der Waals surface area contributed by atoms with Gasteiger partial charge in [-0.25, -0.2) is 14.1 Å². The Labute approximate surface area is 99.2 Å². The summed E-state index contributed by atoms with van der Waals surface area (Å²) in [5.74, 6) is 0.943. The molecular weight excluding hydrogens is 221 g/mol. The van der Waals surface area contributed by atoms with Gasteiger partial charge in [-0.15, -0.1) is 5.10 Å². The molecule has 2 heterocycles. The van der Waals surface area contributed by atoms with Gasteiger partial charge in [-0.2, -0.15) is 0 Å². The molecule has 3 rings (SSSR count). The number of ketones is 1. The van der Waals surface area contributed by atoms with Crippen LogP contribution in [0.4, 0.5) is 4.39 Å². The highest BCUT2D eigenvalue weighted by molar-refractivity contribution is 5.95. The van der Waals surface area contributed by atoms with E-state index < -0.39 is 6.17 Å².